The summed E-state index contributed by atoms with van der Waals surface area (Å²) in [6.07, 6.45) is 8.86. The van der Waals surface area contributed by atoms with Crippen LogP contribution in [-0.4, -0.2) is 42.4 Å². The van der Waals surface area contributed by atoms with Crippen molar-refractivity contribution in [1.29, 1.82) is 0 Å². The fourth-order valence-electron chi connectivity index (χ4n) is 6.42. The molecule has 2 N–H and O–H groups in total. The molecule has 1 radical (unpaired) electrons. The molecule has 6 nitrogen and oxygen atoms in total. The Kier molecular flexibility index (Phi) is 13.1. The minimum absolute atomic E-state index is 0. The maximum atomic E-state index is 9.38. The third kappa shape index (κ3) is 8.92. The van der Waals surface area contributed by atoms with Gasteiger partial charge in [-0.2, -0.15) is 0 Å². The second kappa shape index (κ2) is 17.8. The standard InChI is InChI=1S/C24H16N2.C11H9N2.C8H16O2.Ir/c1-3-7-17(8-4-1)19-13-15-25-23-21(19)11-12-22-20(14-16-26-24(22)23)18-9-5-2-6-10-18;1-9-7-11(13-8-12-9)10-5-3-2-4-6-10;1-6(9)7-4-2-3-5-8(7)10;/h1-16H;2-5,7-8H,1H3;6-10H,2-5H2,1H3;/q;-1;;. The molecule has 0 amide bonds. The number of nitrogens with zero attached hydrogens (tertiary/aromatic N) is 4. The SMILES string of the molecule is CC(O)C1CCCCC1O.Cc1cc(-c2[c-]cccc2)ncn1.[Ir].c1ccc(-c2ccnc3c2ccc2c(-c4ccccc4)ccnc23)cc1. The molecule has 0 aliphatic heterocycles. The summed E-state index contributed by atoms with van der Waals surface area (Å²) < 4.78 is 0. The molecule has 1 saturated carbocycles. The number of aromatic nitrogens is 4. The number of fused-ring (bicyclic) bond motifs is 3. The fraction of sp³-hybridized carbons (Fsp3) is 0.209. The Morgan fingerprint density at radius 2 is 1.24 bits per heavy atom. The van der Waals surface area contributed by atoms with Gasteiger partial charge in [-0.25, -0.2) is 4.98 Å². The second-order valence-corrected chi connectivity index (χ2v) is 12.4. The molecule has 0 spiro atoms. The van der Waals surface area contributed by atoms with Gasteiger partial charge in [0.2, 0.25) is 0 Å². The van der Waals surface area contributed by atoms with E-state index in [2.05, 4.69) is 98.8 Å². The van der Waals surface area contributed by atoms with E-state index < -0.39 is 0 Å². The van der Waals surface area contributed by atoms with Gasteiger partial charge in [-0.15, -0.1) is 35.9 Å². The Balaban J connectivity index is 0.000000169. The number of pyridine rings is 2. The van der Waals surface area contributed by atoms with Crippen LogP contribution in [0.4, 0.5) is 0 Å². The third-order valence-corrected chi connectivity index (χ3v) is 8.98. The number of aliphatic hydroxyl groups excluding tert-OH is 2. The van der Waals surface area contributed by atoms with Gasteiger partial charge in [-0.1, -0.05) is 91.7 Å². The molecule has 1 aliphatic rings. The van der Waals surface area contributed by atoms with Crippen LogP contribution in [0.3, 0.4) is 0 Å². The van der Waals surface area contributed by atoms with Crippen LogP contribution < -0.4 is 0 Å². The minimum atomic E-state index is -0.338. The van der Waals surface area contributed by atoms with E-state index in [-0.39, 0.29) is 38.2 Å². The maximum absolute atomic E-state index is 9.38. The quantitative estimate of drug-likeness (QED) is 0.136. The third-order valence-electron chi connectivity index (χ3n) is 8.98. The summed E-state index contributed by atoms with van der Waals surface area (Å²) in [7, 11) is 0. The summed E-state index contributed by atoms with van der Waals surface area (Å²) in [5, 5.41) is 20.8. The van der Waals surface area contributed by atoms with Crippen LogP contribution in [0.25, 0.3) is 55.3 Å². The summed E-state index contributed by atoms with van der Waals surface area (Å²) in [6, 6.07) is 42.2. The van der Waals surface area contributed by atoms with Gasteiger partial charge in [-0.3, -0.25) is 15.0 Å². The van der Waals surface area contributed by atoms with Crippen LogP contribution in [-0.2, 0) is 20.1 Å². The molecule has 3 aromatic heterocycles. The van der Waals surface area contributed by atoms with Crippen LogP contribution >= 0.6 is 0 Å². The van der Waals surface area contributed by atoms with E-state index in [0.717, 1.165) is 64.4 Å². The van der Waals surface area contributed by atoms with Crippen molar-refractivity contribution in [1.82, 2.24) is 19.9 Å². The van der Waals surface area contributed by atoms with Crippen LogP contribution in [0.2, 0.25) is 0 Å². The number of benzene rings is 4. The summed E-state index contributed by atoms with van der Waals surface area (Å²) in [6.45, 7) is 3.72. The summed E-state index contributed by atoms with van der Waals surface area (Å²) >= 11 is 0. The zero-order valence-electron chi connectivity index (χ0n) is 28.3. The molecule has 3 heterocycles. The van der Waals surface area contributed by atoms with E-state index in [0.29, 0.717) is 0 Å². The van der Waals surface area contributed by atoms with Crippen LogP contribution in [0.5, 0.6) is 0 Å². The summed E-state index contributed by atoms with van der Waals surface area (Å²) in [5.74, 6) is 0.133. The first kappa shape index (κ1) is 36.6. The molecule has 4 aromatic carbocycles. The molecule has 0 bridgehead atoms. The van der Waals surface area contributed by atoms with Crippen molar-refractivity contribution in [2.45, 2.75) is 51.7 Å². The van der Waals surface area contributed by atoms with Gasteiger partial charge in [0.25, 0.3) is 0 Å². The van der Waals surface area contributed by atoms with Gasteiger partial charge in [-0.05, 0) is 66.8 Å². The molecule has 7 aromatic rings. The first-order valence-electron chi connectivity index (χ1n) is 16.9. The number of rotatable bonds is 4. The van der Waals surface area contributed by atoms with Gasteiger partial charge in [0.15, 0.2) is 0 Å². The molecule has 1 fully saturated rings. The zero-order chi connectivity index (χ0) is 34.0. The van der Waals surface area contributed by atoms with Crippen molar-refractivity contribution in [3.8, 4) is 33.5 Å². The van der Waals surface area contributed by atoms with E-state index >= 15 is 0 Å². The first-order valence-corrected chi connectivity index (χ1v) is 16.9. The molecule has 8 rings (SSSR count). The number of aryl methyl sites for hydroxylation is 1. The molecule has 7 heteroatoms. The van der Waals surface area contributed by atoms with Gasteiger partial charge >= 0.3 is 0 Å². The summed E-state index contributed by atoms with van der Waals surface area (Å²) in [5.41, 5.74) is 9.55. The molecule has 3 unspecified atom stereocenters. The smallest absolute Gasteiger partial charge is 0.105 e. The van der Waals surface area contributed by atoms with Crippen molar-refractivity contribution in [3.05, 3.63) is 146 Å². The minimum Gasteiger partial charge on any atom is -0.393 e. The molecule has 50 heavy (non-hydrogen) atoms. The fourth-order valence-corrected chi connectivity index (χ4v) is 6.42. The van der Waals surface area contributed by atoms with Crippen LogP contribution in [0.15, 0.2) is 134 Å². The first-order chi connectivity index (χ1) is 24.0. The Bertz CT molecular complexity index is 2000. The predicted molar refractivity (Wildman–Crippen MR) is 199 cm³/mol. The maximum Gasteiger partial charge on any atom is 0.105 e. The monoisotopic (exact) mass is 838 g/mol. The average molecular weight is 838 g/mol. The Morgan fingerprint density at radius 1 is 0.680 bits per heavy atom. The number of hydrogen-bond acceptors (Lipinski definition) is 6. The van der Waals surface area contributed by atoms with E-state index in [1.54, 1.807) is 13.3 Å². The van der Waals surface area contributed by atoms with Crippen molar-refractivity contribution in [2.75, 3.05) is 0 Å². The van der Waals surface area contributed by atoms with Crippen LogP contribution in [0.1, 0.15) is 38.3 Å². The predicted octanol–water partition coefficient (Wildman–Crippen LogP) is 9.29. The largest absolute Gasteiger partial charge is 0.393 e. The average Bonchev–Trinajstić information content (AvgIpc) is 3.16. The number of hydrogen-bond donors (Lipinski definition) is 2. The van der Waals surface area contributed by atoms with E-state index in [1.807, 2.05) is 61.8 Å². The molecule has 255 valence electrons. The molecular formula is C43H41IrN4O2-. The Labute approximate surface area is 307 Å². The molecule has 1 aliphatic carbocycles. The van der Waals surface area contributed by atoms with Crippen molar-refractivity contribution in [3.63, 3.8) is 0 Å². The molecular weight excluding hydrogens is 797 g/mol. The van der Waals surface area contributed by atoms with Crippen molar-refractivity contribution >= 4 is 21.8 Å². The van der Waals surface area contributed by atoms with E-state index in [4.69, 9.17) is 0 Å². The molecule has 3 atom stereocenters. The van der Waals surface area contributed by atoms with Gasteiger partial charge < -0.3 is 10.2 Å². The van der Waals surface area contributed by atoms with Crippen LogP contribution in [0, 0.1) is 18.9 Å². The van der Waals surface area contributed by atoms with Gasteiger partial charge in [0.05, 0.1) is 23.2 Å². The van der Waals surface area contributed by atoms with Crippen molar-refractivity contribution in [2.24, 2.45) is 5.92 Å². The Hall–Kier alpha value is -4.65. The second-order valence-electron chi connectivity index (χ2n) is 12.4. The molecule has 0 saturated heterocycles. The topological polar surface area (TPSA) is 92.0 Å². The number of aliphatic hydroxyl groups is 2. The zero-order valence-corrected chi connectivity index (χ0v) is 30.7. The van der Waals surface area contributed by atoms with Gasteiger partial charge in [0.1, 0.15) is 6.33 Å². The van der Waals surface area contributed by atoms with E-state index in [9.17, 15) is 10.2 Å². The van der Waals surface area contributed by atoms with Gasteiger partial charge in [0, 0.05) is 54.9 Å². The van der Waals surface area contributed by atoms with Crippen molar-refractivity contribution < 1.29 is 30.3 Å². The normalized spacial score (nSPS) is 15.8. The summed E-state index contributed by atoms with van der Waals surface area (Å²) in [4.78, 5) is 17.5. The Morgan fingerprint density at radius 3 is 1.72 bits per heavy atom. The van der Waals surface area contributed by atoms with E-state index in [1.165, 1.54) is 22.3 Å².